The lowest BCUT2D eigenvalue weighted by molar-refractivity contribution is -0.117. The number of carbonyl (C=O) groups excluding carboxylic acids is 1. The number of hydrogen-bond donors (Lipinski definition) is 2. The average Bonchev–Trinajstić information content (AvgIpc) is 2.69. The topological polar surface area (TPSA) is 55.1 Å². The van der Waals surface area contributed by atoms with Gasteiger partial charge in [0, 0.05) is 16.3 Å². The first-order valence-corrected chi connectivity index (χ1v) is 9.67. The summed E-state index contributed by atoms with van der Waals surface area (Å²) in [5.41, 5.74) is 8.49. The molecule has 3 aromatic rings. The predicted octanol–water partition coefficient (Wildman–Crippen LogP) is 5.05. The zero-order chi connectivity index (χ0) is 19.1. The van der Waals surface area contributed by atoms with Crippen LogP contribution in [0.5, 0.6) is 0 Å². The minimum absolute atomic E-state index is 0. The van der Waals surface area contributed by atoms with E-state index in [1.54, 1.807) is 12.1 Å². The SMILES string of the molecule is Cl.NC(Cc1ccccc1)C(=O)Nc1ccc(SCc2ccccc2)c(F)c1. The van der Waals surface area contributed by atoms with Crippen molar-refractivity contribution in [2.24, 2.45) is 5.73 Å². The molecule has 0 aliphatic carbocycles. The molecule has 3 aromatic carbocycles. The monoisotopic (exact) mass is 416 g/mol. The van der Waals surface area contributed by atoms with E-state index >= 15 is 0 Å². The molecule has 0 bridgehead atoms. The highest BCUT2D eigenvalue weighted by Crippen LogP contribution is 2.27. The molecule has 6 heteroatoms. The molecule has 1 atom stereocenters. The highest BCUT2D eigenvalue weighted by Gasteiger charge is 2.15. The number of halogens is 2. The lowest BCUT2D eigenvalue weighted by atomic mass is 10.1. The van der Waals surface area contributed by atoms with Crippen LogP contribution in [-0.4, -0.2) is 11.9 Å². The molecule has 3 rings (SSSR count). The lowest BCUT2D eigenvalue weighted by Gasteiger charge is -2.13. The fourth-order valence-electron chi connectivity index (χ4n) is 2.63. The van der Waals surface area contributed by atoms with Gasteiger partial charge >= 0.3 is 0 Å². The summed E-state index contributed by atoms with van der Waals surface area (Å²) < 4.78 is 14.3. The van der Waals surface area contributed by atoms with Crippen molar-refractivity contribution < 1.29 is 9.18 Å². The third-order valence-corrected chi connectivity index (χ3v) is 5.19. The van der Waals surface area contributed by atoms with Gasteiger partial charge < -0.3 is 11.1 Å². The molecule has 0 saturated carbocycles. The first-order valence-electron chi connectivity index (χ1n) is 8.68. The Morgan fingerprint density at radius 2 is 1.57 bits per heavy atom. The van der Waals surface area contributed by atoms with Crippen LogP contribution in [0.3, 0.4) is 0 Å². The van der Waals surface area contributed by atoms with E-state index in [0.717, 1.165) is 11.1 Å². The van der Waals surface area contributed by atoms with E-state index in [1.807, 2.05) is 60.7 Å². The minimum atomic E-state index is -0.692. The summed E-state index contributed by atoms with van der Waals surface area (Å²) in [6.07, 6.45) is 0.431. The van der Waals surface area contributed by atoms with E-state index in [2.05, 4.69) is 5.32 Å². The van der Waals surface area contributed by atoms with Crippen LogP contribution in [0.25, 0.3) is 0 Å². The van der Waals surface area contributed by atoms with E-state index < -0.39 is 6.04 Å². The largest absolute Gasteiger partial charge is 0.325 e. The second kappa shape index (κ2) is 10.9. The summed E-state index contributed by atoms with van der Waals surface area (Å²) in [7, 11) is 0. The Hall–Kier alpha value is -2.34. The number of nitrogens with one attached hydrogen (secondary N) is 1. The van der Waals surface area contributed by atoms with Crippen LogP contribution in [0, 0.1) is 5.82 Å². The fraction of sp³-hybridized carbons (Fsp3) is 0.136. The maximum atomic E-state index is 14.3. The van der Waals surface area contributed by atoms with Gasteiger partial charge in [-0.2, -0.15) is 0 Å². The summed E-state index contributed by atoms with van der Waals surface area (Å²) in [6.45, 7) is 0. The zero-order valence-corrected chi connectivity index (χ0v) is 16.8. The van der Waals surface area contributed by atoms with E-state index in [0.29, 0.717) is 22.8 Å². The van der Waals surface area contributed by atoms with Gasteiger partial charge in [0.25, 0.3) is 0 Å². The van der Waals surface area contributed by atoms with Crippen LogP contribution in [-0.2, 0) is 17.0 Å². The number of rotatable bonds is 7. The molecule has 1 unspecified atom stereocenters. The van der Waals surface area contributed by atoms with Crippen LogP contribution in [0.1, 0.15) is 11.1 Å². The van der Waals surface area contributed by atoms with E-state index in [4.69, 9.17) is 5.73 Å². The molecule has 0 fully saturated rings. The van der Waals surface area contributed by atoms with E-state index in [9.17, 15) is 9.18 Å². The minimum Gasteiger partial charge on any atom is -0.325 e. The van der Waals surface area contributed by atoms with Crippen molar-refractivity contribution >= 4 is 35.8 Å². The number of benzene rings is 3. The summed E-state index contributed by atoms with van der Waals surface area (Å²) in [6, 6.07) is 23.5. The Balaban J connectivity index is 0.00000280. The molecule has 146 valence electrons. The van der Waals surface area contributed by atoms with Gasteiger partial charge in [-0.05, 0) is 35.7 Å². The second-order valence-electron chi connectivity index (χ2n) is 6.20. The molecule has 3 nitrogen and oxygen atoms in total. The van der Waals surface area contributed by atoms with Gasteiger partial charge in [-0.15, -0.1) is 24.2 Å². The zero-order valence-electron chi connectivity index (χ0n) is 15.2. The Kier molecular flexibility index (Phi) is 8.51. The molecule has 1 amide bonds. The molecule has 0 aromatic heterocycles. The van der Waals surface area contributed by atoms with Crippen LogP contribution >= 0.6 is 24.2 Å². The Labute approximate surface area is 174 Å². The summed E-state index contributed by atoms with van der Waals surface area (Å²) in [5.74, 6) is -0.000828. The van der Waals surface area contributed by atoms with Crippen LogP contribution in [0.2, 0.25) is 0 Å². The van der Waals surface area contributed by atoms with Crippen molar-refractivity contribution in [3.8, 4) is 0 Å². The second-order valence-corrected chi connectivity index (χ2v) is 7.22. The lowest BCUT2D eigenvalue weighted by Crippen LogP contribution is -2.37. The highest BCUT2D eigenvalue weighted by atomic mass is 35.5. The maximum absolute atomic E-state index is 14.3. The third-order valence-electron chi connectivity index (χ3n) is 4.07. The summed E-state index contributed by atoms with van der Waals surface area (Å²) >= 11 is 1.42. The van der Waals surface area contributed by atoms with Crippen molar-refractivity contribution in [3.63, 3.8) is 0 Å². The molecule has 0 aliphatic rings. The molecule has 0 aliphatic heterocycles. The molecule has 3 N–H and O–H groups in total. The van der Waals surface area contributed by atoms with Crippen LogP contribution in [0.15, 0.2) is 83.8 Å². The van der Waals surface area contributed by atoms with Crippen molar-refractivity contribution in [2.75, 3.05) is 5.32 Å². The number of anilines is 1. The third kappa shape index (κ3) is 6.37. The van der Waals surface area contributed by atoms with Crippen LogP contribution < -0.4 is 11.1 Å². The molecular weight excluding hydrogens is 395 g/mol. The fourth-order valence-corrected chi connectivity index (χ4v) is 3.50. The van der Waals surface area contributed by atoms with Crippen molar-refractivity contribution in [2.45, 2.75) is 23.1 Å². The van der Waals surface area contributed by atoms with Crippen LogP contribution in [0.4, 0.5) is 10.1 Å². The molecule has 0 spiro atoms. The average molecular weight is 417 g/mol. The van der Waals surface area contributed by atoms with Crippen molar-refractivity contribution in [1.29, 1.82) is 0 Å². The molecule has 0 heterocycles. The Bertz CT molecular complexity index is 894. The number of hydrogen-bond acceptors (Lipinski definition) is 3. The molecule has 28 heavy (non-hydrogen) atoms. The summed E-state index contributed by atoms with van der Waals surface area (Å²) in [5, 5.41) is 2.69. The summed E-state index contributed by atoms with van der Waals surface area (Å²) in [4.78, 5) is 12.8. The molecule has 0 saturated heterocycles. The van der Waals surface area contributed by atoms with E-state index in [-0.39, 0.29) is 24.1 Å². The Morgan fingerprint density at radius 3 is 2.18 bits per heavy atom. The normalized spacial score (nSPS) is 11.4. The number of nitrogens with two attached hydrogens (primary N) is 1. The van der Waals surface area contributed by atoms with Crippen molar-refractivity contribution in [1.82, 2.24) is 0 Å². The number of amides is 1. The highest BCUT2D eigenvalue weighted by molar-refractivity contribution is 7.98. The van der Waals surface area contributed by atoms with Gasteiger partial charge in [0.2, 0.25) is 5.91 Å². The molecule has 0 radical (unpaired) electrons. The van der Waals surface area contributed by atoms with Gasteiger partial charge in [-0.1, -0.05) is 60.7 Å². The number of carbonyl (C=O) groups is 1. The first kappa shape index (κ1) is 22.0. The van der Waals surface area contributed by atoms with Gasteiger partial charge in [-0.3, -0.25) is 4.79 Å². The van der Waals surface area contributed by atoms with Crippen molar-refractivity contribution in [3.05, 3.63) is 95.8 Å². The standard InChI is InChI=1S/C22H21FN2OS.ClH/c23-19-14-18(11-12-21(19)27-15-17-9-5-2-6-10-17)25-22(26)20(24)13-16-7-3-1-4-8-16;/h1-12,14,20H,13,15,24H2,(H,25,26);1H. The Morgan fingerprint density at radius 1 is 0.964 bits per heavy atom. The number of thioether (sulfide) groups is 1. The quantitative estimate of drug-likeness (QED) is 0.530. The van der Waals surface area contributed by atoms with Gasteiger partial charge in [-0.25, -0.2) is 4.39 Å². The van der Waals surface area contributed by atoms with E-state index in [1.165, 1.54) is 17.8 Å². The van der Waals surface area contributed by atoms with Gasteiger partial charge in [0.1, 0.15) is 5.82 Å². The van der Waals surface area contributed by atoms with Gasteiger partial charge in [0.15, 0.2) is 0 Å². The molecular formula is C22H22ClFN2OS. The predicted molar refractivity (Wildman–Crippen MR) is 116 cm³/mol. The van der Waals surface area contributed by atoms with Gasteiger partial charge in [0.05, 0.1) is 6.04 Å². The first-order chi connectivity index (χ1) is 13.1. The smallest absolute Gasteiger partial charge is 0.241 e. The maximum Gasteiger partial charge on any atom is 0.241 e.